The Morgan fingerprint density at radius 3 is 2.63 bits per heavy atom. The molecule has 4 fully saturated rings. The molecule has 170 valence electrons. The van der Waals surface area contributed by atoms with Crippen molar-refractivity contribution in [3.8, 4) is 0 Å². The fraction of sp³-hybridized carbons (Fsp3) is 0.929. The van der Waals surface area contributed by atoms with E-state index in [-0.39, 0.29) is 6.10 Å². The summed E-state index contributed by atoms with van der Waals surface area (Å²) in [5, 5.41) is 19.7. The van der Waals surface area contributed by atoms with E-state index < -0.39 is 0 Å². The Morgan fingerprint density at radius 2 is 1.87 bits per heavy atom. The fourth-order valence-electron chi connectivity index (χ4n) is 9.98. The van der Waals surface area contributed by atoms with Crippen LogP contribution in [0.3, 0.4) is 0 Å². The summed E-state index contributed by atoms with van der Waals surface area (Å²) in [4.78, 5) is 0. The van der Waals surface area contributed by atoms with Gasteiger partial charge in [0.05, 0.1) is 6.10 Å². The molecular formula is C28H46O2. The van der Waals surface area contributed by atoms with Gasteiger partial charge in [-0.15, -0.1) is 0 Å². The topological polar surface area (TPSA) is 40.5 Å². The van der Waals surface area contributed by atoms with Crippen molar-refractivity contribution in [3.05, 3.63) is 11.6 Å². The second-order valence-electron chi connectivity index (χ2n) is 13.0. The van der Waals surface area contributed by atoms with E-state index in [1.807, 2.05) is 0 Å². The lowest BCUT2D eigenvalue weighted by Crippen LogP contribution is -2.65. The molecule has 0 radical (unpaired) electrons. The van der Waals surface area contributed by atoms with Gasteiger partial charge in [0.15, 0.2) is 0 Å². The van der Waals surface area contributed by atoms with E-state index in [0.29, 0.717) is 28.8 Å². The summed E-state index contributed by atoms with van der Waals surface area (Å²) in [5.74, 6) is 4.79. The minimum atomic E-state index is -0.0889. The van der Waals surface area contributed by atoms with Gasteiger partial charge in [0.1, 0.15) is 0 Å². The van der Waals surface area contributed by atoms with Crippen LogP contribution in [0.1, 0.15) is 98.3 Å². The number of aliphatic hydroxyl groups excluding tert-OH is 2. The summed E-state index contributed by atoms with van der Waals surface area (Å²) >= 11 is 0. The largest absolute Gasteiger partial charge is 0.396 e. The Balaban J connectivity index is 1.35. The van der Waals surface area contributed by atoms with Gasteiger partial charge in [0.2, 0.25) is 0 Å². The van der Waals surface area contributed by atoms with Gasteiger partial charge < -0.3 is 10.2 Å². The highest BCUT2D eigenvalue weighted by Gasteiger charge is 2.73. The first-order chi connectivity index (χ1) is 14.2. The van der Waals surface area contributed by atoms with E-state index in [2.05, 4.69) is 33.8 Å². The molecule has 2 nitrogen and oxygen atoms in total. The number of allylic oxidation sites excluding steroid dienone is 1. The number of aliphatic hydroxyl groups is 2. The molecule has 0 aromatic heterocycles. The smallest absolute Gasteiger partial charge is 0.0577 e. The summed E-state index contributed by atoms with van der Waals surface area (Å²) in [7, 11) is 0. The van der Waals surface area contributed by atoms with E-state index >= 15 is 0 Å². The SMILES string of the molecule is C[C@@H](CO)CCC[C@@H](C)[C@H]1CC[C@]23C[C@H]4C=C5C[C@@H](O)CC[C@]5(C)[C@@H](CC[C@]12C)[C@@H]43. The highest BCUT2D eigenvalue weighted by molar-refractivity contribution is 5.33. The van der Waals surface area contributed by atoms with E-state index in [4.69, 9.17) is 0 Å². The second-order valence-corrected chi connectivity index (χ2v) is 13.0. The Bertz CT molecular complexity index is 699. The molecule has 5 rings (SSSR count). The van der Waals surface area contributed by atoms with E-state index in [0.717, 1.165) is 42.4 Å². The summed E-state index contributed by atoms with van der Waals surface area (Å²) in [6.07, 6.45) is 16.8. The Labute approximate surface area is 184 Å². The van der Waals surface area contributed by atoms with Crippen LogP contribution in [0, 0.1) is 51.8 Å². The molecule has 4 saturated carbocycles. The molecule has 0 saturated heterocycles. The molecule has 10 atom stereocenters. The van der Waals surface area contributed by atoms with Crippen molar-refractivity contribution < 1.29 is 10.2 Å². The van der Waals surface area contributed by atoms with Crippen LogP contribution in [0.15, 0.2) is 11.6 Å². The molecule has 0 aromatic carbocycles. The van der Waals surface area contributed by atoms with Crippen LogP contribution in [0.25, 0.3) is 0 Å². The van der Waals surface area contributed by atoms with Crippen molar-refractivity contribution >= 4 is 0 Å². The van der Waals surface area contributed by atoms with E-state index in [1.165, 1.54) is 57.8 Å². The molecule has 0 amide bonds. The first-order valence-corrected chi connectivity index (χ1v) is 13.3. The zero-order valence-electron chi connectivity index (χ0n) is 20.0. The van der Waals surface area contributed by atoms with Crippen molar-refractivity contribution in [2.45, 2.75) is 104 Å². The molecule has 5 aliphatic carbocycles. The quantitative estimate of drug-likeness (QED) is 0.496. The summed E-state index contributed by atoms with van der Waals surface area (Å²) < 4.78 is 0. The minimum absolute atomic E-state index is 0.0889. The van der Waals surface area contributed by atoms with Gasteiger partial charge in [0.25, 0.3) is 0 Å². The first-order valence-electron chi connectivity index (χ1n) is 13.3. The summed E-state index contributed by atoms with van der Waals surface area (Å²) in [5.41, 5.74) is 3.16. The van der Waals surface area contributed by atoms with Crippen LogP contribution in [-0.4, -0.2) is 22.9 Å². The van der Waals surface area contributed by atoms with Crippen molar-refractivity contribution in [1.82, 2.24) is 0 Å². The van der Waals surface area contributed by atoms with Crippen LogP contribution < -0.4 is 0 Å². The van der Waals surface area contributed by atoms with Gasteiger partial charge in [0, 0.05) is 6.61 Å². The number of fused-ring (bicyclic) bond motifs is 2. The molecule has 0 aliphatic heterocycles. The normalized spacial score (nSPS) is 51.1. The van der Waals surface area contributed by atoms with Crippen LogP contribution in [0.4, 0.5) is 0 Å². The summed E-state index contributed by atoms with van der Waals surface area (Å²) in [6.45, 7) is 10.3. The van der Waals surface area contributed by atoms with E-state index in [9.17, 15) is 10.2 Å². The average Bonchev–Trinajstić information content (AvgIpc) is 3.02. The third-order valence-electron chi connectivity index (χ3n) is 11.7. The van der Waals surface area contributed by atoms with Gasteiger partial charge in [-0.2, -0.15) is 0 Å². The predicted octanol–water partition coefficient (Wildman–Crippen LogP) is 6.36. The predicted molar refractivity (Wildman–Crippen MR) is 123 cm³/mol. The lowest BCUT2D eigenvalue weighted by atomic mass is 9.32. The highest BCUT2D eigenvalue weighted by Crippen LogP contribution is 2.80. The minimum Gasteiger partial charge on any atom is -0.396 e. The van der Waals surface area contributed by atoms with Crippen LogP contribution in [0.5, 0.6) is 0 Å². The molecule has 0 aromatic rings. The third kappa shape index (κ3) is 2.81. The molecule has 2 N–H and O–H groups in total. The maximum absolute atomic E-state index is 10.3. The van der Waals surface area contributed by atoms with E-state index in [1.54, 1.807) is 5.57 Å². The maximum Gasteiger partial charge on any atom is 0.0577 e. The average molecular weight is 415 g/mol. The molecule has 0 heterocycles. The zero-order valence-corrected chi connectivity index (χ0v) is 20.0. The standard InChI is InChI=1S/C28H46O2/c1-18(17-29)6-5-7-19(2)23-10-13-28-16-20-14-21-15-22(30)8-11-26(21,3)24(25(20)28)9-12-27(23,28)4/h14,18-20,22-25,29-30H,5-13,15-17H2,1-4H3/t18-,19-,20-,22+,23-,24+,25-,26+,27-,28-/m1/s1. The highest BCUT2D eigenvalue weighted by atomic mass is 16.3. The van der Waals surface area contributed by atoms with Gasteiger partial charge in [-0.3, -0.25) is 0 Å². The van der Waals surface area contributed by atoms with Gasteiger partial charge >= 0.3 is 0 Å². The summed E-state index contributed by atoms with van der Waals surface area (Å²) in [6, 6.07) is 0. The number of hydrogen-bond acceptors (Lipinski definition) is 2. The maximum atomic E-state index is 10.3. The molecule has 2 heteroatoms. The lowest BCUT2D eigenvalue weighted by Gasteiger charge is -2.72. The zero-order chi connectivity index (χ0) is 21.3. The Morgan fingerprint density at radius 1 is 1.07 bits per heavy atom. The van der Waals surface area contributed by atoms with Crippen LogP contribution >= 0.6 is 0 Å². The van der Waals surface area contributed by atoms with Crippen molar-refractivity contribution in [1.29, 1.82) is 0 Å². The van der Waals surface area contributed by atoms with Crippen molar-refractivity contribution in [2.75, 3.05) is 6.61 Å². The lowest BCUT2D eigenvalue weighted by molar-refractivity contribution is -0.210. The molecule has 30 heavy (non-hydrogen) atoms. The molecule has 0 unspecified atom stereocenters. The van der Waals surface area contributed by atoms with Crippen LogP contribution in [0.2, 0.25) is 0 Å². The Hall–Kier alpha value is -0.340. The first kappa shape index (κ1) is 21.5. The van der Waals surface area contributed by atoms with Crippen molar-refractivity contribution in [2.24, 2.45) is 51.8 Å². The van der Waals surface area contributed by atoms with Gasteiger partial charge in [-0.1, -0.05) is 52.2 Å². The molecular weight excluding hydrogens is 368 g/mol. The number of rotatable bonds is 6. The molecule has 0 bridgehead atoms. The molecule has 1 spiro atoms. The Kier molecular flexibility index (Phi) is 5.26. The number of hydrogen-bond donors (Lipinski definition) is 2. The molecule has 5 aliphatic rings. The third-order valence-corrected chi connectivity index (χ3v) is 11.7. The van der Waals surface area contributed by atoms with Crippen molar-refractivity contribution in [3.63, 3.8) is 0 Å². The monoisotopic (exact) mass is 414 g/mol. The fourth-order valence-corrected chi connectivity index (χ4v) is 9.98. The van der Waals surface area contributed by atoms with Gasteiger partial charge in [-0.05, 0) is 110 Å². The van der Waals surface area contributed by atoms with Crippen LogP contribution in [-0.2, 0) is 0 Å². The van der Waals surface area contributed by atoms with Gasteiger partial charge in [-0.25, -0.2) is 0 Å². The second kappa shape index (κ2) is 7.34.